The molecule has 2 unspecified atom stereocenters. The van der Waals surface area contributed by atoms with Crippen molar-refractivity contribution < 1.29 is 9.47 Å². The molecule has 0 amide bonds. The minimum Gasteiger partial charge on any atom is -0.490 e. The van der Waals surface area contributed by atoms with E-state index in [2.05, 4.69) is 11.8 Å². The summed E-state index contributed by atoms with van der Waals surface area (Å²) >= 11 is 0. The number of nitrogens with zero attached hydrogens (tertiary/aromatic N) is 1. The normalized spacial score (nSPS) is 22.9. The quantitative estimate of drug-likeness (QED) is 0.830. The van der Waals surface area contributed by atoms with Crippen molar-refractivity contribution in [1.29, 1.82) is 0 Å². The van der Waals surface area contributed by atoms with Gasteiger partial charge in [-0.15, -0.1) is 0 Å². The first-order valence-corrected chi connectivity index (χ1v) is 7.53. The van der Waals surface area contributed by atoms with Gasteiger partial charge in [-0.1, -0.05) is 12.1 Å². The van der Waals surface area contributed by atoms with E-state index in [-0.39, 0.29) is 0 Å². The van der Waals surface area contributed by atoms with Crippen LogP contribution >= 0.6 is 0 Å². The van der Waals surface area contributed by atoms with Gasteiger partial charge in [-0.3, -0.25) is 4.90 Å². The van der Waals surface area contributed by atoms with Crippen LogP contribution in [0.4, 0.5) is 0 Å². The lowest BCUT2D eigenvalue weighted by Crippen LogP contribution is -2.32. The maximum Gasteiger partial charge on any atom is 0.161 e. The highest BCUT2D eigenvalue weighted by Crippen LogP contribution is 2.27. The van der Waals surface area contributed by atoms with Crippen LogP contribution in [0.25, 0.3) is 0 Å². The minimum absolute atomic E-state index is 0.606. The lowest BCUT2D eigenvalue weighted by molar-refractivity contribution is 0.196. The number of para-hydroxylation sites is 2. The van der Waals surface area contributed by atoms with Gasteiger partial charge in [0.1, 0.15) is 6.61 Å². The van der Waals surface area contributed by atoms with Gasteiger partial charge >= 0.3 is 0 Å². The van der Waals surface area contributed by atoms with Crippen LogP contribution in [0.3, 0.4) is 0 Å². The molecule has 0 radical (unpaired) electrons. The Bertz CT molecular complexity index is 411. The van der Waals surface area contributed by atoms with Crippen LogP contribution in [-0.2, 0) is 0 Å². The highest BCUT2D eigenvalue weighted by atomic mass is 16.5. The SMILES string of the molecule is CCOc1ccccc1OCCN1CC(CN)CC1C. The summed E-state index contributed by atoms with van der Waals surface area (Å²) in [6.45, 7) is 8.41. The molecule has 0 aliphatic carbocycles. The molecule has 2 N–H and O–H groups in total. The molecule has 112 valence electrons. The second-order valence-corrected chi connectivity index (χ2v) is 5.41. The van der Waals surface area contributed by atoms with E-state index in [4.69, 9.17) is 15.2 Å². The van der Waals surface area contributed by atoms with Gasteiger partial charge in [0.2, 0.25) is 0 Å². The number of rotatable bonds is 7. The molecule has 4 nitrogen and oxygen atoms in total. The fraction of sp³-hybridized carbons (Fsp3) is 0.625. The average Bonchev–Trinajstić information content (AvgIpc) is 2.82. The summed E-state index contributed by atoms with van der Waals surface area (Å²) in [6.07, 6.45) is 1.20. The van der Waals surface area contributed by atoms with E-state index in [1.54, 1.807) is 0 Å². The van der Waals surface area contributed by atoms with Crippen molar-refractivity contribution in [3.8, 4) is 11.5 Å². The number of hydrogen-bond donors (Lipinski definition) is 1. The molecule has 1 aliphatic rings. The summed E-state index contributed by atoms with van der Waals surface area (Å²) in [5.41, 5.74) is 5.76. The lowest BCUT2D eigenvalue weighted by atomic mass is 10.1. The molecule has 1 heterocycles. The summed E-state index contributed by atoms with van der Waals surface area (Å²) in [5.74, 6) is 2.29. The van der Waals surface area contributed by atoms with Gasteiger partial charge in [-0.25, -0.2) is 0 Å². The van der Waals surface area contributed by atoms with E-state index >= 15 is 0 Å². The van der Waals surface area contributed by atoms with Crippen molar-refractivity contribution in [3.63, 3.8) is 0 Å². The van der Waals surface area contributed by atoms with Crippen molar-refractivity contribution in [2.75, 3.05) is 32.8 Å². The standard InChI is InChI=1S/C16H26N2O2/c1-3-19-15-6-4-5-7-16(15)20-9-8-18-12-14(11-17)10-13(18)2/h4-7,13-14H,3,8-12,17H2,1-2H3. The molecule has 0 bridgehead atoms. The zero-order valence-corrected chi connectivity index (χ0v) is 12.5. The van der Waals surface area contributed by atoms with Crippen LogP contribution in [0.1, 0.15) is 20.3 Å². The minimum atomic E-state index is 0.606. The number of nitrogens with two attached hydrogens (primary N) is 1. The summed E-state index contributed by atoms with van der Waals surface area (Å²) in [7, 11) is 0. The summed E-state index contributed by atoms with van der Waals surface area (Å²) in [6, 6.07) is 8.45. The molecular weight excluding hydrogens is 252 g/mol. The van der Waals surface area contributed by atoms with E-state index in [0.29, 0.717) is 25.2 Å². The van der Waals surface area contributed by atoms with Gasteiger partial charge in [0.05, 0.1) is 6.61 Å². The van der Waals surface area contributed by atoms with Gasteiger partial charge in [0.25, 0.3) is 0 Å². The number of benzene rings is 1. The van der Waals surface area contributed by atoms with Gasteiger partial charge in [0.15, 0.2) is 11.5 Å². The third kappa shape index (κ3) is 3.87. The molecule has 0 aromatic heterocycles. The Morgan fingerprint density at radius 3 is 2.55 bits per heavy atom. The molecule has 0 saturated carbocycles. The third-order valence-electron chi connectivity index (χ3n) is 3.91. The molecule has 1 fully saturated rings. The first kappa shape index (κ1) is 15.1. The molecule has 1 saturated heterocycles. The molecule has 0 spiro atoms. The van der Waals surface area contributed by atoms with E-state index < -0.39 is 0 Å². The predicted molar refractivity (Wildman–Crippen MR) is 81.3 cm³/mol. The number of ether oxygens (including phenoxy) is 2. The first-order valence-electron chi connectivity index (χ1n) is 7.53. The Labute approximate surface area is 121 Å². The number of likely N-dealkylation sites (tertiary alicyclic amines) is 1. The Balaban J connectivity index is 1.81. The largest absolute Gasteiger partial charge is 0.490 e. The first-order chi connectivity index (χ1) is 9.74. The fourth-order valence-electron chi connectivity index (χ4n) is 2.82. The predicted octanol–water partition coefficient (Wildman–Crippen LogP) is 2.13. The summed E-state index contributed by atoms with van der Waals surface area (Å²) in [4.78, 5) is 2.46. The van der Waals surface area contributed by atoms with Crippen LogP contribution in [0, 0.1) is 5.92 Å². The average molecular weight is 278 g/mol. The third-order valence-corrected chi connectivity index (χ3v) is 3.91. The highest BCUT2D eigenvalue weighted by Gasteiger charge is 2.27. The van der Waals surface area contributed by atoms with Gasteiger partial charge in [-0.2, -0.15) is 0 Å². The summed E-state index contributed by atoms with van der Waals surface area (Å²) in [5, 5.41) is 0. The molecule has 2 atom stereocenters. The fourth-order valence-corrected chi connectivity index (χ4v) is 2.82. The molecule has 20 heavy (non-hydrogen) atoms. The second-order valence-electron chi connectivity index (χ2n) is 5.41. The highest BCUT2D eigenvalue weighted by molar-refractivity contribution is 5.39. The second kappa shape index (κ2) is 7.50. The monoisotopic (exact) mass is 278 g/mol. The lowest BCUT2D eigenvalue weighted by Gasteiger charge is -2.21. The topological polar surface area (TPSA) is 47.7 Å². The van der Waals surface area contributed by atoms with Crippen molar-refractivity contribution in [2.45, 2.75) is 26.3 Å². The van der Waals surface area contributed by atoms with E-state index in [9.17, 15) is 0 Å². The zero-order valence-electron chi connectivity index (χ0n) is 12.5. The Kier molecular flexibility index (Phi) is 5.68. The van der Waals surface area contributed by atoms with E-state index in [0.717, 1.165) is 31.1 Å². The van der Waals surface area contributed by atoms with Crippen molar-refractivity contribution >= 4 is 0 Å². The molecular formula is C16H26N2O2. The van der Waals surface area contributed by atoms with Crippen LogP contribution in [0.2, 0.25) is 0 Å². The van der Waals surface area contributed by atoms with Gasteiger partial charge in [0, 0.05) is 19.1 Å². The molecule has 1 aliphatic heterocycles. The molecule has 2 rings (SSSR count). The van der Waals surface area contributed by atoms with Crippen LogP contribution < -0.4 is 15.2 Å². The molecule has 1 aromatic rings. The van der Waals surface area contributed by atoms with Crippen LogP contribution in [0.5, 0.6) is 11.5 Å². The maximum absolute atomic E-state index is 5.87. The molecule has 4 heteroatoms. The van der Waals surface area contributed by atoms with Crippen LogP contribution in [-0.4, -0.2) is 43.8 Å². The number of hydrogen-bond acceptors (Lipinski definition) is 4. The van der Waals surface area contributed by atoms with Crippen molar-refractivity contribution in [2.24, 2.45) is 11.7 Å². The van der Waals surface area contributed by atoms with E-state index in [1.807, 2.05) is 31.2 Å². The zero-order chi connectivity index (χ0) is 14.4. The smallest absolute Gasteiger partial charge is 0.161 e. The van der Waals surface area contributed by atoms with Crippen molar-refractivity contribution in [3.05, 3.63) is 24.3 Å². The van der Waals surface area contributed by atoms with Gasteiger partial charge < -0.3 is 15.2 Å². The van der Waals surface area contributed by atoms with Crippen LogP contribution in [0.15, 0.2) is 24.3 Å². The molecule has 1 aromatic carbocycles. The van der Waals surface area contributed by atoms with Crippen molar-refractivity contribution in [1.82, 2.24) is 4.90 Å². The van der Waals surface area contributed by atoms with E-state index in [1.165, 1.54) is 6.42 Å². The Morgan fingerprint density at radius 2 is 1.95 bits per heavy atom. The Morgan fingerprint density at radius 1 is 1.25 bits per heavy atom. The maximum atomic E-state index is 5.87. The Hall–Kier alpha value is -1.26. The van der Waals surface area contributed by atoms with Gasteiger partial charge in [-0.05, 0) is 44.9 Å². The summed E-state index contributed by atoms with van der Waals surface area (Å²) < 4.78 is 11.4.